The number of nitrogens with zero attached hydrogens (tertiary/aromatic N) is 2. The monoisotopic (exact) mass is 395 g/mol. The van der Waals surface area contributed by atoms with Crippen molar-refractivity contribution in [1.29, 1.82) is 0 Å². The van der Waals surface area contributed by atoms with Crippen molar-refractivity contribution in [3.63, 3.8) is 0 Å². The van der Waals surface area contributed by atoms with E-state index >= 15 is 0 Å². The third-order valence-corrected chi connectivity index (χ3v) is 5.11. The van der Waals surface area contributed by atoms with Crippen LogP contribution in [0.4, 0.5) is 5.82 Å². The molecule has 1 aromatic rings. The van der Waals surface area contributed by atoms with Gasteiger partial charge in [-0.1, -0.05) is 24.9 Å². The van der Waals surface area contributed by atoms with Gasteiger partial charge in [-0.2, -0.15) is 0 Å². The van der Waals surface area contributed by atoms with E-state index in [1.807, 2.05) is 18.7 Å². The van der Waals surface area contributed by atoms with Gasteiger partial charge in [-0.25, -0.2) is 4.98 Å². The summed E-state index contributed by atoms with van der Waals surface area (Å²) >= 11 is 6.33. The molecule has 0 aromatic carbocycles. The van der Waals surface area contributed by atoms with Crippen LogP contribution in [0.1, 0.15) is 56.3 Å². The van der Waals surface area contributed by atoms with E-state index in [2.05, 4.69) is 10.3 Å². The van der Waals surface area contributed by atoms with Crippen LogP contribution in [-0.4, -0.2) is 46.9 Å². The summed E-state index contributed by atoms with van der Waals surface area (Å²) < 4.78 is 0. The van der Waals surface area contributed by atoms with E-state index in [1.165, 1.54) is 12.3 Å². The highest BCUT2D eigenvalue weighted by Crippen LogP contribution is 2.31. The quantitative estimate of drug-likeness (QED) is 0.702. The number of amides is 1. The highest BCUT2D eigenvalue weighted by atomic mass is 35.5. The number of carbonyl (C=O) groups is 3. The number of pyridine rings is 1. The Bertz CT molecular complexity index is 710. The summed E-state index contributed by atoms with van der Waals surface area (Å²) in [7, 11) is 0. The van der Waals surface area contributed by atoms with Gasteiger partial charge in [0, 0.05) is 25.2 Å². The number of carboxylic acids is 1. The molecule has 27 heavy (non-hydrogen) atoms. The number of hydrogen-bond acceptors (Lipinski definition) is 5. The largest absolute Gasteiger partial charge is 0.481 e. The zero-order valence-electron chi connectivity index (χ0n) is 15.7. The van der Waals surface area contributed by atoms with Crippen LogP contribution < -0.4 is 10.2 Å². The molecule has 0 aliphatic carbocycles. The molecule has 7 nitrogen and oxygen atoms in total. The number of piperidine rings is 1. The molecule has 8 heteroatoms. The van der Waals surface area contributed by atoms with Gasteiger partial charge in [-0.15, -0.1) is 0 Å². The Morgan fingerprint density at radius 1 is 1.41 bits per heavy atom. The average Bonchev–Trinajstić information content (AvgIpc) is 2.64. The van der Waals surface area contributed by atoms with Crippen molar-refractivity contribution >= 4 is 35.1 Å². The molecule has 1 aliphatic heterocycles. The lowest BCUT2D eigenvalue weighted by Crippen LogP contribution is -2.43. The summed E-state index contributed by atoms with van der Waals surface area (Å²) in [5, 5.41) is 12.1. The molecule has 2 atom stereocenters. The first-order chi connectivity index (χ1) is 12.8. The van der Waals surface area contributed by atoms with E-state index in [1.54, 1.807) is 0 Å². The molecule has 2 unspecified atom stereocenters. The minimum absolute atomic E-state index is 0.00204. The van der Waals surface area contributed by atoms with Crippen LogP contribution in [-0.2, 0) is 9.59 Å². The predicted molar refractivity (Wildman–Crippen MR) is 103 cm³/mol. The van der Waals surface area contributed by atoms with Gasteiger partial charge in [0.2, 0.25) is 0 Å². The minimum atomic E-state index is -0.777. The molecule has 0 bridgehead atoms. The molecule has 0 radical (unpaired) electrons. The van der Waals surface area contributed by atoms with Gasteiger partial charge in [0.05, 0.1) is 23.0 Å². The van der Waals surface area contributed by atoms with Crippen molar-refractivity contribution < 1.29 is 19.5 Å². The highest BCUT2D eigenvalue weighted by molar-refractivity contribution is 6.33. The van der Waals surface area contributed by atoms with Crippen molar-refractivity contribution in [1.82, 2.24) is 10.3 Å². The smallest absolute Gasteiger partial charge is 0.306 e. The number of aromatic nitrogens is 1. The Labute approximate surface area is 164 Å². The zero-order valence-corrected chi connectivity index (χ0v) is 16.5. The molecule has 1 fully saturated rings. The van der Waals surface area contributed by atoms with E-state index in [0.717, 1.165) is 12.8 Å². The summed E-state index contributed by atoms with van der Waals surface area (Å²) in [5.74, 6) is -0.982. The lowest BCUT2D eigenvalue weighted by Gasteiger charge is -2.37. The maximum atomic E-state index is 12.2. The first-order valence-electron chi connectivity index (χ1n) is 9.28. The molecule has 0 spiro atoms. The van der Waals surface area contributed by atoms with Crippen LogP contribution in [0.15, 0.2) is 12.3 Å². The van der Waals surface area contributed by atoms with Crippen molar-refractivity contribution in [2.45, 2.75) is 52.0 Å². The number of Topliss-reactive ketones (excluding diaryl/α,β-unsaturated/α-hetero) is 1. The maximum Gasteiger partial charge on any atom is 0.306 e. The number of unbranched alkanes of at least 4 members (excludes halogenated alkanes) is 1. The van der Waals surface area contributed by atoms with E-state index in [0.29, 0.717) is 42.2 Å². The van der Waals surface area contributed by atoms with Crippen LogP contribution >= 0.6 is 11.6 Å². The Morgan fingerprint density at radius 3 is 2.74 bits per heavy atom. The summed E-state index contributed by atoms with van der Waals surface area (Å²) in [6.45, 7) is 4.49. The molecule has 2 rings (SSSR count). The molecule has 148 valence electrons. The lowest BCUT2D eigenvalue weighted by atomic mass is 9.92. The van der Waals surface area contributed by atoms with E-state index in [9.17, 15) is 19.5 Å². The van der Waals surface area contributed by atoms with Crippen LogP contribution in [0, 0.1) is 5.92 Å². The van der Waals surface area contributed by atoms with Crippen molar-refractivity contribution in [3.8, 4) is 0 Å². The van der Waals surface area contributed by atoms with Crippen molar-refractivity contribution in [3.05, 3.63) is 22.8 Å². The number of nitrogens with one attached hydrogen (secondary N) is 1. The first kappa shape index (κ1) is 21.2. The number of aliphatic carboxylic acids is 1. The summed E-state index contributed by atoms with van der Waals surface area (Å²) in [4.78, 5) is 41.3. The molecule has 1 aromatic heterocycles. The standard InChI is InChI=1S/C19H26ClN3O4/c1-3-4-5-15(24)11-22-18(25)14-9-16(20)17(21-10-14)23-7-6-13(19(26)27)8-12(23)2/h9-10,12-13H,3-8,11H2,1-2H3,(H,22,25)(H,26,27). The van der Waals surface area contributed by atoms with Crippen LogP contribution in [0.25, 0.3) is 0 Å². The maximum absolute atomic E-state index is 12.2. The number of anilines is 1. The molecule has 1 aliphatic rings. The minimum Gasteiger partial charge on any atom is -0.481 e. The van der Waals surface area contributed by atoms with Crippen molar-refractivity contribution in [2.75, 3.05) is 18.0 Å². The van der Waals surface area contributed by atoms with Gasteiger partial charge < -0.3 is 15.3 Å². The van der Waals surface area contributed by atoms with Gasteiger partial charge in [0.15, 0.2) is 5.78 Å². The van der Waals surface area contributed by atoms with Gasteiger partial charge in [0.25, 0.3) is 5.91 Å². The second-order valence-corrected chi connectivity index (χ2v) is 7.36. The third kappa shape index (κ3) is 5.66. The average molecular weight is 396 g/mol. The Hall–Kier alpha value is -2.15. The van der Waals surface area contributed by atoms with E-state index < -0.39 is 11.9 Å². The number of halogens is 1. The number of carboxylic acid groups (broad SMARTS) is 1. The SMILES string of the molecule is CCCCC(=O)CNC(=O)c1cnc(N2CCC(C(=O)O)CC2C)c(Cl)c1. The Morgan fingerprint density at radius 2 is 2.15 bits per heavy atom. The fourth-order valence-corrected chi connectivity index (χ4v) is 3.50. The number of hydrogen-bond donors (Lipinski definition) is 2. The van der Waals surface area contributed by atoms with Crippen molar-refractivity contribution in [2.24, 2.45) is 5.92 Å². The van der Waals surface area contributed by atoms with Gasteiger partial charge in [-0.05, 0) is 32.3 Å². The predicted octanol–water partition coefficient (Wildman–Crippen LogP) is 2.91. The van der Waals surface area contributed by atoms with Gasteiger partial charge >= 0.3 is 5.97 Å². The van der Waals surface area contributed by atoms with Gasteiger partial charge in [0.1, 0.15) is 5.82 Å². The van der Waals surface area contributed by atoms with Crippen LogP contribution in [0.2, 0.25) is 5.02 Å². The zero-order chi connectivity index (χ0) is 20.0. The fraction of sp³-hybridized carbons (Fsp3) is 0.579. The van der Waals surface area contributed by atoms with E-state index in [4.69, 9.17) is 11.6 Å². The fourth-order valence-electron chi connectivity index (χ4n) is 3.22. The Kier molecular flexibility index (Phi) is 7.59. The molecule has 1 amide bonds. The normalized spacial score (nSPS) is 19.6. The number of carbonyl (C=O) groups excluding carboxylic acids is 2. The summed E-state index contributed by atoms with van der Waals surface area (Å²) in [5.41, 5.74) is 0.292. The third-order valence-electron chi connectivity index (χ3n) is 4.84. The molecule has 0 saturated carbocycles. The first-order valence-corrected chi connectivity index (χ1v) is 9.66. The highest BCUT2D eigenvalue weighted by Gasteiger charge is 2.31. The topological polar surface area (TPSA) is 99.6 Å². The Balaban J connectivity index is 2.00. The lowest BCUT2D eigenvalue weighted by molar-refractivity contribution is -0.142. The number of ketones is 1. The molecule has 1 saturated heterocycles. The van der Waals surface area contributed by atoms with Gasteiger partial charge in [-0.3, -0.25) is 14.4 Å². The molecular weight excluding hydrogens is 370 g/mol. The molecule has 2 N–H and O–H groups in total. The second-order valence-electron chi connectivity index (χ2n) is 6.96. The van der Waals surface area contributed by atoms with E-state index in [-0.39, 0.29) is 24.3 Å². The molecular formula is C19H26ClN3O4. The molecule has 2 heterocycles. The summed E-state index contributed by atoms with van der Waals surface area (Å²) in [6, 6.07) is 1.52. The second kappa shape index (κ2) is 9.69. The van der Waals surface area contributed by atoms with Crippen LogP contribution in [0.3, 0.4) is 0 Å². The van der Waals surface area contributed by atoms with Crippen LogP contribution in [0.5, 0.6) is 0 Å². The number of rotatable bonds is 8. The summed E-state index contributed by atoms with van der Waals surface area (Å²) in [6.07, 6.45) is 4.69.